The lowest BCUT2D eigenvalue weighted by Crippen LogP contribution is -2.31. The Bertz CT molecular complexity index is 964. The molecule has 0 aliphatic rings. The van der Waals surface area contributed by atoms with Gasteiger partial charge in [-0.2, -0.15) is 0 Å². The number of pyridine rings is 1. The zero-order valence-electron chi connectivity index (χ0n) is 15.0. The van der Waals surface area contributed by atoms with Gasteiger partial charge in [0, 0.05) is 30.3 Å². The molecule has 0 bridgehead atoms. The van der Waals surface area contributed by atoms with Crippen molar-refractivity contribution in [1.82, 2.24) is 4.98 Å². The first kappa shape index (κ1) is 17.7. The highest BCUT2D eigenvalue weighted by Crippen LogP contribution is 2.19. The third-order valence-corrected chi connectivity index (χ3v) is 4.42. The maximum atomic E-state index is 12.6. The van der Waals surface area contributed by atoms with E-state index in [-0.39, 0.29) is 17.9 Å². The summed E-state index contributed by atoms with van der Waals surface area (Å²) >= 11 is 0. The first-order chi connectivity index (χ1) is 12.6. The Hall–Kier alpha value is -3.08. The number of anilines is 1. The Kier molecular flexibility index (Phi) is 5.37. The van der Waals surface area contributed by atoms with Crippen molar-refractivity contribution in [3.05, 3.63) is 70.5 Å². The molecule has 0 aliphatic heterocycles. The molecule has 2 aromatic carbocycles. The number of aromatic nitrogens is 1. The molecule has 26 heavy (non-hydrogen) atoms. The fraction of sp³-hybridized carbons (Fsp3) is 0.238. The van der Waals surface area contributed by atoms with Gasteiger partial charge in [-0.25, -0.2) is 0 Å². The van der Waals surface area contributed by atoms with E-state index in [1.54, 1.807) is 18.1 Å². The SMILES string of the molecule is CCN(C(=O)CCc1cc2ccc(OC)cc2[nH]c1=O)c1ccccc1. The van der Waals surface area contributed by atoms with E-state index in [4.69, 9.17) is 4.74 Å². The number of nitrogens with one attached hydrogen (secondary N) is 1. The van der Waals surface area contributed by atoms with Crippen molar-refractivity contribution in [1.29, 1.82) is 0 Å². The number of hydrogen-bond acceptors (Lipinski definition) is 3. The van der Waals surface area contributed by atoms with Crippen LogP contribution in [0.1, 0.15) is 18.9 Å². The van der Waals surface area contributed by atoms with Gasteiger partial charge in [-0.1, -0.05) is 18.2 Å². The smallest absolute Gasteiger partial charge is 0.251 e. The van der Waals surface area contributed by atoms with Crippen LogP contribution in [-0.2, 0) is 11.2 Å². The van der Waals surface area contributed by atoms with Crippen LogP contribution in [-0.4, -0.2) is 24.5 Å². The van der Waals surface area contributed by atoms with Gasteiger partial charge >= 0.3 is 0 Å². The third-order valence-electron chi connectivity index (χ3n) is 4.42. The highest BCUT2D eigenvalue weighted by Gasteiger charge is 2.14. The van der Waals surface area contributed by atoms with Crippen molar-refractivity contribution in [3.8, 4) is 5.75 Å². The van der Waals surface area contributed by atoms with Gasteiger partial charge in [-0.15, -0.1) is 0 Å². The topological polar surface area (TPSA) is 62.4 Å². The summed E-state index contributed by atoms with van der Waals surface area (Å²) in [6, 6.07) is 17.0. The molecule has 0 unspecified atom stereocenters. The van der Waals surface area contributed by atoms with Crippen LogP contribution >= 0.6 is 0 Å². The molecule has 3 rings (SSSR count). The van der Waals surface area contributed by atoms with Gasteiger partial charge in [0.25, 0.3) is 5.56 Å². The van der Waals surface area contributed by atoms with E-state index < -0.39 is 0 Å². The first-order valence-corrected chi connectivity index (χ1v) is 8.67. The zero-order chi connectivity index (χ0) is 18.5. The van der Waals surface area contributed by atoms with Gasteiger partial charge < -0.3 is 14.6 Å². The van der Waals surface area contributed by atoms with Gasteiger partial charge in [0.2, 0.25) is 5.91 Å². The summed E-state index contributed by atoms with van der Waals surface area (Å²) in [5, 5.41) is 0.920. The van der Waals surface area contributed by atoms with Crippen LogP contribution in [0.15, 0.2) is 59.4 Å². The van der Waals surface area contributed by atoms with Gasteiger partial charge in [-0.3, -0.25) is 9.59 Å². The van der Waals surface area contributed by atoms with Crippen molar-refractivity contribution in [2.45, 2.75) is 19.8 Å². The van der Waals surface area contributed by atoms with E-state index in [0.29, 0.717) is 24.3 Å². The summed E-state index contributed by atoms with van der Waals surface area (Å²) < 4.78 is 5.18. The molecule has 1 amide bonds. The minimum Gasteiger partial charge on any atom is -0.497 e. The number of ether oxygens (including phenoxy) is 1. The average molecular weight is 350 g/mol. The van der Waals surface area contributed by atoms with Crippen molar-refractivity contribution in [2.75, 3.05) is 18.6 Å². The number of carbonyl (C=O) groups excluding carboxylic acids is 1. The minimum absolute atomic E-state index is 0.00734. The molecule has 5 nitrogen and oxygen atoms in total. The predicted octanol–water partition coefficient (Wildman–Crippen LogP) is 3.52. The third kappa shape index (κ3) is 3.77. The maximum absolute atomic E-state index is 12.6. The van der Waals surface area contributed by atoms with Crippen molar-refractivity contribution < 1.29 is 9.53 Å². The van der Waals surface area contributed by atoms with E-state index in [0.717, 1.165) is 16.6 Å². The van der Waals surface area contributed by atoms with Crippen molar-refractivity contribution in [2.24, 2.45) is 0 Å². The molecule has 3 aromatic rings. The number of nitrogens with zero attached hydrogens (tertiary/aromatic N) is 1. The van der Waals surface area contributed by atoms with E-state index in [1.807, 2.05) is 55.5 Å². The van der Waals surface area contributed by atoms with Crippen LogP contribution in [0, 0.1) is 0 Å². The number of fused-ring (bicyclic) bond motifs is 1. The van der Waals surface area contributed by atoms with Crippen molar-refractivity contribution >= 4 is 22.5 Å². The molecule has 0 radical (unpaired) electrons. The second kappa shape index (κ2) is 7.87. The Balaban J connectivity index is 1.77. The molecule has 0 saturated carbocycles. The maximum Gasteiger partial charge on any atom is 0.251 e. The number of H-pyrrole nitrogens is 1. The Morgan fingerprint density at radius 1 is 1.12 bits per heavy atom. The predicted molar refractivity (Wildman–Crippen MR) is 104 cm³/mol. The van der Waals surface area contributed by atoms with Gasteiger partial charge in [0.05, 0.1) is 12.6 Å². The quantitative estimate of drug-likeness (QED) is 0.740. The highest BCUT2D eigenvalue weighted by atomic mass is 16.5. The van der Waals surface area contributed by atoms with Gasteiger partial charge in [0.1, 0.15) is 5.75 Å². The minimum atomic E-state index is -0.165. The summed E-state index contributed by atoms with van der Waals surface area (Å²) in [6.45, 7) is 2.54. The Morgan fingerprint density at radius 3 is 2.58 bits per heavy atom. The fourth-order valence-corrected chi connectivity index (χ4v) is 3.03. The second-order valence-electron chi connectivity index (χ2n) is 6.05. The van der Waals surface area contributed by atoms with E-state index >= 15 is 0 Å². The molecular formula is C21H22N2O3. The number of methoxy groups -OCH3 is 1. The number of carbonyl (C=O) groups is 1. The normalized spacial score (nSPS) is 10.7. The largest absolute Gasteiger partial charge is 0.497 e. The summed E-state index contributed by atoms with van der Waals surface area (Å²) in [7, 11) is 1.59. The van der Waals surface area contributed by atoms with Gasteiger partial charge in [-0.05, 0) is 49.1 Å². The molecule has 1 heterocycles. The lowest BCUT2D eigenvalue weighted by Gasteiger charge is -2.21. The molecule has 0 atom stereocenters. The van der Waals surface area contributed by atoms with Crippen LogP contribution in [0.4, 0.5) is 5.69 Å². The number of aromatic amines is 1. The first-order valence-electron chi connectivity index (χ1n) is 8.67. The second-order valence-corrected chi connectivity index (χ2v) is 6.05. The number of hydrogen-bond donors (Lipinski definition) is 1. The monoisotopic (exact) mass is 350 g/mol. The molecule has 1 aromatic heterocycles. The molecule has 5 heteroatoms. The number of para-hydroxylation sites is 1. The summed E-state index contributed by atoms with van der Waals surface area (Å²) in [5.74, 6) is 0.699. The van der Waals surface area contributed by atoms with E-state index in [1.165, 1.54) is 0 Å². The molecule has 134 valence electrons. The lowest BCUT2D eigenvalue weighted by atomic mass is 10.1. The molecule has 0 saturated heterocycles. The number of rotatable bonds is 6. The van der Waals surface area contributed by atoms with Crippen LogP contribution in [0.2, 0.25) is 0 Å². The summed E-state index contributed by atoms with van der Waals surface area (Å²) in [6.07, 6.45) is 0.687. The van der Waals surface area contributed by atoms with Crippen LogP contribution in [0.5, 0.6) is 5.75 Å². The zero-order valence-corrected chi connectivity index (χ0v) is 15.0. The molecular weight excluding hydrogens is 328 g/mol. The number of amides is 1. The fourth-order valence-electron chi connectivity index (χ4n) is 3.03. The summed E-state index contributed by atoms with van der Waals surface area (Å²) in [4.78, 5) is 29.5. The number of aryl methyl sites for hydroxylation is 1. The number of benzene rings is 2. The van der Waals surface area contributed by atoms with Crippen LogP contribution < -0.4 is 15.2 Å². The molecule has 0 spiro atoms. The summed E-state index contributed by atoms with van der Waals surface area (Å²) in [5.41, 5.74) is 2.05. The van der Waals surface area contributed by atoms with E-state index in [2.05, 4.69) is 4.98 Å². The standard InChI is InChI=1S/C21H22N2O3/c1-3-23(17-7-5-4-6-8-17)20(24)12-10-16-13-15-9-11-18(26-2)14-19(15)22-21(16)25/h4-9,11,13-14H,3,10,12H2,1-2H3,(H,22,25). The lowest BCUT2D eigenvalue weighted by molar-refractivity contribution is -0.118. The van der Waals surface area contributed by atoms with Crippen LogP contribution in [0.25, 0.3) is 10.9 Å². The average Bonchev–Trinajstić information content (AvgIpc) is 2.67. The highest BCUT2D eigenvalue weighted by molar-refractivity contribution is 5.93. The van der Waals surface area contributed by atoms with Gasteiger partial charge in [0.15, 0.2) is 0 Å². The Morgan fingerprint density at radius 2 is 1.88 bits per heavy atom. The van der Waals surface area contributed by atoms with E-state index in [9.17, 15) is 9.59 Å². The molecule has 1 N–H and O–H groups in total. The van der Waals surface area contributed by atoms with Crippen LogP contribution in [0.3, 0.4) is 0 Å². The Labute approximate surface area is 152 Å². The molecule has 0 aliphatic carbocycles. The molecule has 0 fully saturated rings. The van der Waals surface area contributed by atoms with Crippen molar-refractivity contribution in [3.63, 3.8) is 0 Å².